The van der Waals surface area contributed by atoms with Crippen LogP contribution in [0.3, 0.4) is 0 Å². The Bertz CT molecular complexity index is 740. The van der Waals surface area contributed by atoms with Crippen molar-refractivity contribution in [1.82, 2.24) is 13.9 Å². The van der Waals surface area contributed by atoms with Gasteiger partial charge in [-0.1, -0.05) is 30.3 Å². The minimum Gasteiger partial charge on any atom is -0.444 e. The van der Waals surface area contributed by atoms with Crippen LogP contribution in [0.15, 0.2) is 30.3 Å². The molecule has 1 N–H and O–H groups in total. The van der Waals surface area contributed by atoms with Crippen molar-refractivity contribution in [3.05, 3.63) is 35.9 Å². The first-order valence-electron chi connectivity index (χ1n) is 9.03. The maximum absolute atomic E-state index is 12.3. The SMILES string of the molecule is CN(C)CCOC1CC2(C1)CN(S(=O)(=O)NC(=O)OCc1ccccc1)C2. The lowest BCUT2D eigenvalue weighted by Crippen LogP contribution is -2.67. The van der Waals surface area contributed by atoms with E-state index in [2.05, 4.69) is 4.90 Å². The average molecular weight is 397 g/mol. The number of amides is 1. The van der Waals surface area contributed by atoms with Crippen molar-refractivity contribution in [2.45, 2.75) is 25.6 Å². The molecule has 1 aliphatic carbocycles. The molecule has 3 rings (SSSR count). The van der Waals surface area contributed by atoms with E-state index in [4.69, 9.17) is 9.47 Å². The molecule has 0 unspecified atom stereocenters. The molecule has 2 fully saturated rings. The van der Waals surface area contributed by atoms with Gasteiger partial charge in [-0.15, -0.1) is 0 Å². The van der Waals surface area contributed by atoms with Crippen molar-refractivity contribution in [2.75, 3.05) is 40.3 Å². The Morgan fingerprint density at radius 1 is 1.26 bits per heavy atom. The standard InChI is InChI=1S/C18H27N3O5S/c1-20(2)8-9-25-16-10-18(11-16)13-21(14-18)27(23,24)19-17(22)26-12-15-6-4-3-5-7-15/h3-7,16H,8-14H2,1-2H3,(H,19,22). The first-order chi connectivity index (χ1) is 12.8. The predicted molar refractivity (Wildman–Crippen MR) is 100 cm³/mol. The highest BCUT2D eigenvalue weighted by molar-refractivity contribution is 7.87. The van der Waals surface area contributed by atoms with Crippen molar-refractivity contribution in [2.24, 2.45) is 5.41 Å². The summed E-state index contributed by atoms with van der Waals surface area (Å²) in [4.78, 5) is 13.8. The van der Waals surface area contributed by atoms with Gasteiger partial charge in [0.15, 0.2) is 0 Å². The van der Waals surface area contributed by atoms with E-state index in [9.17, 15) is 13.2 Å². The molecule has 0 aromatic heterocycles. The summed E-state index contributed by atoms with van der Waals surface area (Å²) in [5, 5.41) is 0. The lowest BCUT2D eigenvalue weighted by molar-refractivity contribution is -0.129. The fourth-order valence-corrected chi connectivity index (χ4v) is 4.76. The van der Waals surface area contributed by atoms with Crippen LogP contribution in [0.5, 0.6) is 0 Å². The fraction of sp³-hybridized carbons (Fsp3) is 0.611. The quantitative estimate of drug-likeness (QED) is 0.709. The maximum atomic E-state index is 12.3. The van der Waals surface area contributed by atoms with Crippen LogP contribution in [0, 0.1) is 5.41 Å². The third-order valence-electron chi connectivity index (χ3n) is 5.00. The Balaban J connectivity index is 1.37. The van der Waals surface area contributed by atoms with Crippen molar-refractivity contribution in [3.63, 3.8) is 0 Å². The van der Waals surface area contributed by atoms with Crippen LogP contribution < -0.4 is 4.72 Å². The second kappa shape index (κ2) is 8.14. The first kappa shape index (κ1) is 20.1. The summed E-state index contributed by atoms with van der Waals surface area (Å²) in [7, 11) is 0.138. The second-order valence-electron chi connectivity index (χ2n) is 7.64. The van der Waals surface area contributed by atoms with E-state index >= 15 is 0 Å². The average Bonchev–Trinajstić information content (AvgIpc) is 2.53. The van der Waals surface area contributed by atoms with Gasteiger partial charge in [-0.2, -0.15) is 12.7 Å². The molecular formula is C18H27N3O5S. The van der Waals surface area contributed by atoms with E-state index in [0.29, 0.717) is 19.7 Å². The molecule has 0 atom stereocenters. The number of carbonyl (C=O) groups excluding carboxylic acids is 1. The predicted octanol–water partition coefficient (Wildman–Crippen LogP) is 1.20. The van der Waals surface area contributed by atoms with Gasteiger partial charge < -0.3 is 14.4 Å². The number of likely N-dealkylation sites (N-methyl/N-ethyl adjacent to an activating group) is 1. The maximum Gasteiger partial charge on any atom is 0.422 e. The summed E-state index contributed by atoms with van der Waals surface area (Å²) in [5.41, 5.74) is 0.800. The van der Waals surface area contributed by atoms with E-state index in [1.54, 1.807) is 12.1 Å². The smallest absolute Gasteiger partial charge is 0.422 e. The molecule has 1 heterocycles. The van der Waals surface area contributed by atoms with E-state index in [1.807, 2.05) is 37.0 Å². The number of nitrogens with one attached hydrogen (secondary N) is 1. The summed E-state index contributed by atoms with van der Waals surface area (Å²) in [6.45, 7) is 2.42. The molecule has 9 heteroatoms. The molecule has 1 spiro atoms. The first-order valence-corrected chi connectivity index (χ1v) is 10.5. The van der Waals surface area contributed by atoms with Crippen LogP contribution in [-0.2, 0) is 26.3 Å². The molecule has 1 aliphatic heterocycles. The van der Waals surface area contributed by atoms with Gasteiger partial charge in [-0.25, -0.2) is 9.52 Å². The molecule has 8 nitrogen and oxygen atoms in total. The van der Waals surface area contributed by atoms with Gasteiger partial charge in [0.2, 0.25) is 0 Å². The van der Waals surface area contributed by atoms with Crippen LogP contribution in [-0.4, -0.2) is 70.2 Å². The van der Waals surface area contributed by atoms with Crippen LogP contribution in [0.4, 0.5) is 4.79 Å². The summed E-state index contributed by atoms with van der Waals surface area (Å²) in [6, 6.07) is 9.10. The summed E-state index contributed by atoms with van der Waals surface area (Å²) >= 11 is 0. The Hall–Kier alpha value is -1.68. The van der Waals surface area contributed by atoms with Gasteiger partial charge in [0.25, 0.3) is 0 Å². The fourth-order valence-electron chi connectivity index (χ4n) is 3.48. The van der Waals surface area contributed by atoms with Crippen LogP contribution in [0.25, 0.3) is 0 Å². The minimum absolute atomic E-state index is 0.00543. The normalized spacial score (nSPS) is 19.5. The van der Waals surface area contributed by atoms with E-state index in [1.165, 1.54) is 4.31 Å². The number of nitrogens with zero attached hydrogens (tertiary/aromatic N) is 2. The van der Waals surface area contributed by atoms with Crippen molar-refractivity contribution in [1.29, 1.82) is 0 Å². The highest BCUT2D eigenvalue weighted by Gasteiger charge is 2.56. The molecule has 1 saturated heterocycles. The third-order valence-corrected chi connectivity index (χ3v) is 6.36. The number of hydrogen-bond acceptors (Lipinski definition) is 6. The summed E-state index contributed by atoms with van der Waals surface area (Å²) < 4.78 is 38.5. The Kier molecular flexibility index (Phi) is 6.05. The number of ether oxygens (including phenoxy) is 2. The van der Waals surface area contributed by atoms with Gasteiger partial charge in [0.05, 0.1) is 12.7 Å². The molecule has 27 heavy (non-hydrogen) atoms. The number of hydrogen-bond donors (Lipinski definition) is 1. The molecule has 0 radical (unpaired) electrons. The Labute approximate surface area is 160 Å². The van der Waals surface area contributed by atoms with Crippen molar-refractivity contribution >= 4 is 16.3 Å². The largest absolute Gasteiger partial charge is 0.444 e. The monoisotopic (exact) mass is 397 g/mol. The highest BCUT2D eigenvalue weighted by Crippen LogP contribution is 2.50. The van der Waals surface area contributed by atoms with Gasteiger partial charge in [0, 0.05) is 25.0 Å². The summed E-state index contributed by atoms with van der Waals surface area (Å²) in [5.74, 6) is 0. The molecule has 1 aromatic carbocycles. The topological polar surface area (TPSA) is 88.2 Å². The van der Waals surface area contributed by atoms with E-state index in [0.717, 1.165) is 24.9 Å². The lowest BCUT2D eigenvalue weighted by atomic mass is 9.63. The molecule has 0 bridgehead atoms. The van der Waals surface area contributed by atoms with Crippen LogP contribution in [0.1, 0.15) is 18.4 Å². The van der Waals surface area contributed by atoms with Crippen molar-refractivity contribution < 1.29 is 22.7 Å². The lowest BCUT2D eigenvalue weighted by Gasteiger charge is -2.57. The zero-order chi connectivity index (χ0) is 19.5. The molecule has 1 amide bonds. The molecular weight excluding hydrogens is 370 g/mol. The van der Waals surface area contributed by atoms with Gasteiger partial charge in [-0.05, 0) is 32.5 Å². The van der Waals surface area contributed by atoms with Gasteiger partial charge in [0.1, 0.15) is 6.61 Å². The second-order valence-corrected chi connectivity index (χ2v) is 9.31. The van der Waals surface area contributed by atoms with E-state index in [-0.39, 0.29) is 18.1 Å². The number of benzene rings is 1. The van der Waals surface area contributed by atoms with Gasteiger partial charge in [-0.3, -0.25) is 0 Å². The van der Waals surface area contributed by atoms with Crippen molar-refractivity contribution in [3.8, 4) is 0 Å². The Morgan fingerprint density at radius 3 is 2.56 bits per heavy atom. The number of rotatable bonds is 8. The van der Waals surface area contributed by atoms with Crippen LogP contribution >= 0.6 is 0 Å². The molecule has 2 aliphatic rings. The van der Waals surface area contributed by atoms with Gasteiger partial charge >= 0.3 is 16.3 Å². The molecule has 150 valence electrons. The third kappa shape index (κ3) is 5.19. The highest BCUT2D eigenvalue weighted by atomic mass is 32.2. The Morgan fingerprint density at radius 2 is 1.93 bits per heavy atom. The molecule has 1 saturated carbocycles. The van der Waals surface area contributed by atoms with Crippen LogP contribution in [0.2, 0.25) is 0 Å². The number of carbonyl (C=O) groups is 1. The zero-order valence-corrected chi connectivity index (χ0v) is 16.6. The minimum atomic E-state index is -3.86. The summed E-state index contributed by atoms with van der Waals surface area (Å²) in [6.07, 6.45) is 0.979. The zero-order valence-electron chi connectivity index (χ0n) is 15.8. The van der Waals surface area contributed by atoms with E-state index < -0.39 is 16.3 Å². The molecule has 1 aromatic rings.